The lowest BCUT2D eigenvalue weighted by Gasteiger charge is -2.06. The van der Waals surface area contributed by atoms with Gasteiger partial charge in [0, 0.05) is 16.7 Å². The number of rotatable bonds is 1. The first kappa shape index (κ1) is 10.9. The van der Waals surface area contributed by atoms with Crippen molar-refractivity contribution in [1.29, 1.82) is 0 Å². The summed E-state index contributed by atoms with van der Waals surface area (Å²) in [6.07, 6.45) is 0. The second-order valence-electron chi connectivity index (χ2n) is 3.36. The van der Waals surface area contributed by atoms with Crippen molar-refractivity contribution in [2.24, 2.45) is 0 Å². The van der Waals surface area contributed by atoms with Crippen LogP contribution in [-0.2, 0) is 0 Å². The van der Waals surface area contributed by atoms with E-state index >= 15 is 0 Å². The third-order valence-electron chi connectivity index (χ3n) is 2.22. The Morgan fingerprint density at radius 1 is 1.00 bits per heavy atom. The van der Waals surface area contributed by atoms with Gasteiger partial charge in [0.2, 0.25) is 0 Å². The molecular formula is C12H8ClF2N. The molecule has 0 heterocycles. The van der Waals surface area contributed by atoms with E-state index in [1.54, 1.807) is 24.3 Å². The molecule has 0 spiro atoms. The van der Waals surface area contributed by atoms with Gasteiger partial charge in [-0.3, -0.25) is 0 Å². The van der Waals surface area contributed by atoms with E-state index in [9.17, 15) is 8.78 Å². The van der Waals surface area contributed by atoms with Crippen LogP contribution in [0.15, 0.2) is 36.4 Å². The van der Waals surface area contributed by atoms with Gasteiger partial charge < -0.3 is 5.73 Å². The molecule has 4 heteroatoms. The molecule has 82 valence electrons. The van der Waals surface area contributed by atoms with E-state index in [-0.39, 0.29) is 11.3 Å². The van der Waals surface area contributed by atoms with Gasteiger partial charge in [0.15, 0.2) is 0 Å². The summed E-state index contributed by atoms with van der Waals surface area (Å²) in [5.41, 5.74) is 6.11. The maximum atomic E-state index is 13.5. The molecule has 0 saturated heterocycles. The Bertz CT molecular complexity index is 541. The Labute approximate surface area is 96.5 Å². The number of hydrogen-bond acceptors (Lipinski definition) is 1. The number of hydrogen-bond donors (Lipinski definition) is 1. The van der Waals surface area contributed by atoms with E-state index in [4.69, 9.17) is 17.3 Å². The highest BCUT2D eigenvalue weighted by Crippen LogP contribution is 2.28. The Balaban J connectivity index is 2.60. The van der Waals surface area contributed by atoms with E-state index < -0.39 is 11.6 Å². The molecule has 2 N–H and O–H groups in total. The molecule has 0 aliphatic heterocycles. The van der Waals surface area contributed by atoms with Gasteiger partial charge in [0.1, 0.15) is 11.6 Å². The third-order valence-corrected chi connectivity index (χ3v) is 2.46. The second-order valence-corrected chi connectivity index (χ2v) is 3.80. The summed E-state index contributed by atoms with van der Waals surface area (Å²) < 4.78 is 26.5. The molecule has 0 bridgehead atoms. The molecule has 0 aliphatic carbocycles. The van der Waals surface area contributed by atoms with E-state index in [1.807, 2.05) is 0 Å². The van der Waals surface area contributed by atoms with Gasteiger partial charge in [-0.1, -0.05) is 23.7 Å². The summed E-state index contributed by atoms with van der Waals surface area (Å²) in [5, 5.41) is 0.486. The first-order valence-corrected chi connectivity index (χ1v) is 4.96. The monoisotopic (exact) mass is 239 g/mol. The number of nitrogen functional groups attached to an aromatic ring is 1. The zero-order chi connectivity index (χ0) is 11.7. The van der Waals surface area contributed by atoms with Gasteiger partial charge in [-0.05, 0) is 23.8 Å². The Morgan fingerprint density at radius 3 is 2.44 bits per heavy atom. The Kier molecular flexibility index (Phi) is 2.79. The molecule has 2 rings (SSSR count). The van der Waals surface area contributed by atoms with Crippen molar-refractivity contribution in [1.82, 2.24) is 0 Å². The lowest BCUT2D eigenvalue weighted by Crippen LogP contribution is -1.94. The average Bonchev–Trinajstić information content (AvgIpc) is 2.23. The maximum Gasteiger partial charge on any atom is 0.149 e. The molecule has 0 atom stereocenters. The van der Waals surface area contributed by atoms with Gasteiger partial charge in [-0.2, -0.15) is 0 Å². The van der Waals surface area contributed by atoms with Crippen molar-refractivity contribution >= 4 is 17.3 Å². The van der Waals surface area contributed by atoms with Crippen molar-refractivity contribution in [3.05, 3.63) is 53.1 Å². The van der Waals surface area contributed by atoms with Gasteiger partial charge >= 0.3 is 0 Å². The first-order valence-electron chi connectivity index (χ1n) is 4.58. The fourth-order valence-corrected chi connectivity index (χ4v) is 1.63. The zero-order valence-corrected chi connectivity index (χ0v) is 8.93. The van der Waals surface area contributed by atoms with Crippen LogP contribution in [0, 0.1) is 11.6 Å². The van der Waals surface area contributed by atoms with Crippen LogP contribution in [0.5, 0.6) is 0 Å². The molecule has 0 unspecified atom stereocenters. The van der Waals surface area contributed by atoms with Crippen molar-refractivity contribution in [3.63, 3.8) is 0 Å². The largest absolute Gasteiger partial charge is 0.396 e. The predicted molar refractivity (Wildman–Crippen MR) is 61.2 cm³/mol. The van der Waals surface area contributed by atoms with E-state index in [2.05, 4.69) is 0 Å². The fourth-order valence-electron chi connectivity index (χ4n) is 1.44. The predicted octanol–water partition coefficient (Wildman–Crippen LogP) is 3.87. The molecule has 0 saturated carbocycles. The standard InChI is InChI=1S/C12H8ClF2N/c13-8-3-1-2-7(4-8)9-5-12(16)11(15)6-10(9)14/h1-6H,16H2. The van der Waals surface area contributed by atoms with Crippen LogP contribution in [0.2, 0.25) is 5.02 Å². The molecule has 2 aromatic carbocycles. The number of benzene rings is 2. The van der Waals surface area contributed by atoms with Crippen molar-refractivity contribution in [3.8, 4) is 11.1 Å². The summed E-state index contributed by atoms with van der Waals surface area (Å²) in [6, 6.07) is 8.67. The summed E-state index contributed by atoms with van der Waals surface area (Å²) in [6.45, 7) is 0. The van der Waals surface area contributed by atoms with Crippen LogP contribution in [0.25, 0.3) is 11.1 Å². The molecule has 2 aromatic rings. The zero-order valence-electron chi connectivity index (χ0n) is 8.18. The average molecular weight is 240 g/mol. The minimum atomic E-state index is -0.761. The molecular weight excluding hydrogens is 232 g/mol. The van der Waals surface area contributed by atoms with E-state index in [0.29, 0.717) is 10.6 Å². The van der Waals surface area contributed by atoms with Crippen LogP contribution >= 0.6 is 11.6 Å². The van der Waals surface area contributed by atoms with E-state index in [0.717, 1.165) is 6.07 Å². The highest BCUT2D eigenvalue weighted by atomic mass is 35.5. The van der Waals surface area contributed by atoms with Gasteiger partial charge in [0.05, 0.1) is 5.69 Å². The normalized spacial score (nSPS) is 10.4. The minimum Gasteiger partial charge on any atom is -0.396 e. The summed E-state index contributed by atoms with van der Waals surface area (Å²) >= 11 is 5.79. The van der Waals surface area contributed by atoms with Gasteiger partial charge in [-0.25, -0.2) is 8.78 Å². The first-order chi connectivity index (χ1) is 7.58. The smallest absolute Gasteiger partial charge is 0.149 e. The summed E-state index contributed by atoms with van der Waals surface area (Å²) in [7, 11) is 0. The van der Waals surface area contributed by atoms with Crippen molar-refractivity contribution in [2.45, 2.75) is 0 Å². The summed E-state index contributed by atoms with van der Waals surface area (Å²) in [5.74, 6) is -1.42. The minimum absolute atomic E-state index is 0.0867. The lowest BCUT2D eigenvalue weighted by molar-refractivity contribution is 0.588. The number of nitrogens with two attached hydrogens (primary N) is 1. The van der Waals surface area contributed by atoms with Crippen LogP contribution in [0.1, 0.15) is 0 Å². The highest BCUT2D eigenvalue weighted by molar-refractivity contribution is 6.30. The molecule has 0 radical (unpaired) electrons. The van der Waals surface area contributed by atoms with Crippen LogP contribution in [-0.4, -0.2) is 0 Å². The number of anilines is 1. The molecule has 0 aromatic heterocycles. The molecule has 16 heavy (non-hydrogen) atoms. The summed E-state index contributed by atoms with van der Waals surface area (Å²) in [4.78, 5) is 0. The van der Waals surface area contributed by atoms with Crippen LogP contribution < -0.4 is 5.73 Å². The Hall–Kier alpha value is -1.61. The quantitative estimate of drug-likeness (QED) is 0.751. The SMILES string of the molecule is Nc1cc(-c2cccc(Cl)c2)c(F)cc1F. The second kappa shape index (κ2) is 4.10. The fraction of sp³-hybridized carbons (Fsp3) is 0. The van der Waals surface area contributed by atoms with Crippen LogP contribution in [0.3, 0.4) is 0 Å². The van der Waals surface area contributed by atoms with Gasteiger partial charge in [-0.15, -0.1) is 0 Å². The van der Waals surface area contributed by atoms with Crippen LogP contribution in [0.4, 0.5) is 14.5 Å². The highest BCUT2D eigenvalue weighted by Gasteiger charge is 2.09. The van der Waals surface area contributed by atoms with Gasteiger partial charge in [0.25, 0.3) is 0 Å². The Morgan fingerprint density at radius 2 is 1.75 bits per heavy atom. The third kappa shape index (κ3) is 1.99. The lowest BCUT2D eigenvalue weighted by atomic mass is 10.0. The molecule has 0 amide bonds. The number of halogens is 3. The van der Waals surface area contributed by atoms with Crippen molar-refractivity contribution < 1.29 is 8.78 Å². The topological polar surface area (TPSA) is 26.0 Å². The maximum absolute atomic E-state index is 13.5. The molecule has 0 fully saturated rings. The molecule has 0 aliphatic rings. The van der Waals surface area contributed by atoms with E-state index in [1.165, 1.54) is 6.07 Å². The van der Waals surface area contributed by atoms with Crippen molar-refractivity contribution in [2.75, 3.05) is 5.73 Å². The molecule has 1 nitrogen and oxygen atoms in total.